The Morgan fingerprint density at radius 3 is 2.86 bits per heavy atom. The van der Waals surface area contributed by atoms with Gasteiger partial charge in [-0.05, 0) is 39.5 Å². The van der Waals surface area contributed by atoms with Crippen molar-refractivity contribution in [3.63, 3.8) is 0 Å². The van der Waals surface area contributed by atoms with E-state index in [4.69, 9.17) is 4.74 Å². The fourth-order valence-electron chi connectivity index (χ4n) is 2.27. The van der Waals surface area contributed by atoms with Crippen molar-refractivity contribution in [1.29, 1.82) is 0 Å². The first kappa shape index (κ1) is 16.3. The summed E-state index contributed by atoms with van der Waals surface area (Å²) in [6.45, 7) is 3.84. The summed E-state index contributed by atoms with van der Waals surface area (Å²) < 4.78 is 4.94. The Morgan fingerprint density at radius 1 is 1.52 bits per heavy atom. The summed E-state index contributed by atoms with van der Waals surface area (Å²) in [6, 6.07) is 0.486. The molecule has 7 heteroatoms. The van der Waals surface area contributed by atoms with Crippen LogP contribution in [0, 0.1) is 6.92 Å². The maximum Gasteiger partial charge on any atom is 0.325 e. The number of nitrogens with zero attached hydrogens (tertiary/aromatic N) is 2. The monoisotopic (exact) mass is 312 g/mol. The topological polar surface area (TPSA) is 79.9 Å². The first-order valence-corrected chi connectivity index (χ1v) is 8.40. The molecule has 0 aliphatic heterocycles. The highest BCUT2D eigenvalue weighted by Gasteiger charge is 2.38. The predicted octanol–water partition coefficient (Wildman–Crippen LogP) is 2.06. The van der Waals surface area contributed by atoms with E-state index in [9.17, 15) is 4.79 Å². The minimum absolute atomic E-state index is 0.161. The van der Waals surface area contributed by atoms with Gasteiger partial charge in [0.2, 0.25) is 5.16 Å². The summed E-state index contributed by atoms with van der Waals surface area (Å²) in [5.74, 6) is 1.63. The molecular formula is C14H24N4O2S. The lowest BCUT2D eigenvalue weighted by Crippen LogP contribution is -2.51. The zero-order valence-electron chi connectivity index (χ0n) is 12.9. The van der Waals surface area contributed by atoms with Crippen LogP contribution in [0.2, 0.25) is 0 Å². The molecule has 6 nitrogen and oxygen atoms in total. The zero-order chi connectivity index (χ0) is 15.3. The van der Waals surface area contributed by atoms with E-state index >= 15 is 0 Å². The van der Waals surface area contributed by atoms with Crippen molar-refractivity contribution in [1.82, 2.24) is 20.5 Å². The molecule has 118 valence electrons. The average molecular weight is 312 g/mol. The van der Waals surface area contributed by atoms with Gasteiger partial charge in [-0.1, -0.05) is 18.2 Å². The second-order valence-corrected chi connectivity index (χ2v) is 6.81. The predicted molar refractivity (Wildman–Crippen MR) is 82.3 cm³/mol. The number of carbonyl (C=O) groups excluding carboxylic acids is 1. The lowest BCUT2D eigenvalue weighted by atomic mass is 9.95. The summed E-state index contributed by atoms with van der Waals surface area (Å²) >= 11 is 1.64. The van der Waals surface area contributed by atoms with Crippen LogP contribution < -0.4 is 5.32 Å². The van der Waals surface area contributed by atoms with Gasteiger partial charge in [0.05, 0.1) is 7.11 Å². The van der Waals surface area contributed by atoms with Crippen LogP contribution >= 0.6 is 11.8 Å². The quantitative estimate of drug-likeness (QED) is 0.413. The van der Waals surface area contributed by atoms with Crippen LogP contribution in [0.4, 0.5) is 0 Å². The molecule has 0 bridgehead atoms. The van der Waals surface area contributed by atoms with E-state index in [0.717, 1.165) is 48.8 Å². The molecule has 0 spiro atoms. The van der Waals surface area contributed by atoms with E-state index < -0.39 is 5.54 Å². The van der Waals surface area contributed by atoms with Crippen LogP contribution in [-0.4, -0.2) is 45.6 Å². The fourth-order valence-corrected chi connectivity index (χ4v) is 3.11. The number of methoxy groups -OCH3 is 1. The highest BCUT2D eigenvalue weighted by Crippen LogP contribution is 2.26. The van der Waals surface area contributed by atoms with E-state index in [1.54, 1.807) is 11.8 Å². The number of carbonyl (C=O) groups is 1. The molecule has 1 fully saturated rings. The minimum atomic E-state index is -0.554. The molecule has 1 aliphatic rings. The Hall–Kier alpha value is -1.08. The Bertz CT molecular complexity index is 475. The molecule has 0 saturated heterocycles. The van der Waals surface area contributed by atoms with Gasteiger partial charge in [0.1, 0.15) is 11.4 Å². The van der Waals surface area contributed by atoms with Crippen molar-refractivity contribution in [2.24, 2.45) is 0 Å². The van der Waals surface area contributed by atoms with Crippen molar-refractivity contribution in [3.8, 4) is 0 Å². The molecule has 0 radical (unpaired) electrons. The summed E-state index contributed by atoms with van der Waals surface area (Å²) in [5, 5.41) is 11.1. The summed E-state index contributed by atoms with van der Waals surface area (Å²) in [5.41, 5.74) is -0.554. The summed E-state index contributed by atoms with van der Waals surface area (Å²) in [7, 11) is 1.45. The maximum absolute atomic E-state index is 12.0. The number of unbranched alkanes of at least 4 members (excludes halogenated alkanes) is 1. The van der Waals surface area contributed by atoms with Crippen LogP contribution in [-0.2, 0) is 9.53 Å². The molecule has 1 saturated carbocycles. The molecule has 1 aliphatic carbocycles. The third-order valence-electron chi connectivity index (χ3n) is 3.61. The van der Waals surface area contributed by atoms with Crippen molar-refractivity contribution in [3.05, 3.63) is 5.82 Å². The van der Waals surface area contributed by atoms with Crippen LogP contribution in [0.15, 0.2) is 5.16 Å². The van der Waals surface area contributed by atoms with Gasteiger partial charge >= 0.3 is 5.97 Å². The normalized spacial score (nSPS) is 17.5. The van der Waals surface area contributed by atoms with Gasteiger partial charge in [-0.25, -0.2) is 4.98 Å². The number of rotatable bonds is 9. The van der Waals surface area contributed by atoms with E-state index in [1.165, 1.54) is 7.11 Å². The second-order valence-electron chi connectivity index (χ2n) is 5.75. The van der Waals surface area contributed by atoms with Crippen molar-refractivity contribution in [2.75, 3.05) is 12.9 Å². The van der Waals surface area contributed by atoms with Gasteiger partial charge in [-0.3, -0.25) is 15.2 Å². The standard InChI is InChI=1S/C14H24N4O2S/c1-10-15-13(18-17-10)21-9-5-4-8-14(2,12(19)20-3)16-11-6-7-11/h11,16H,4-9H2,1-3H3,(H,15,17,18). The number of thioether (sulfide) groups is 1. The molecule has 1 heterocycles. The number of nitrogens with one attached hydrogen (secondary N) is 2. The van der Waals surface area contributed by atoms with E-state index in [2.05, 4.69) is 20.5 Å². The van der Waals surface area contributed by atoms with Crippen molar-refractivity contribution >= 4 is 17.7 Å². The third-order valence-corrected chi connectivity index (χ3v) is 4.55. The Balaban J connectivity index is 1.70. The molecule has 0 amide bonds. The number of aromatic amines is 1. The maximum atomic E-state index is 12.0. The Labute approximate surface area is 129 Å². The third kappa shape index (κ3) is 5.00. The molecule has 1 atom stereocenters. The van der Waals surface area contributed by atoms with E-state index in [0.29, 0.717) is 6.04 Å². The zero-order valence-corrected chi connectivity index (χ0v) is 13.8. The molecule has 2 N–H and O–H groups in total. The number of hydrogen-bond donors (Lipinski definition) is 2. The second kappa shape index (κ2) is 7.26. The largest absolute Gasteiger partial charge is 0.468 e. The average Bonchev–Trinajstić information content (AvgIpc) is 3.17. The molecule has 21 heavy (non-hydrogen) atoms. The molecule has 1 unspecified atom stereocenters. The molecule has 1 aromatic rings. The van der Waals surface area contributed by atoms with E-state index in [1.807, 2.05) is 13.8 Å². The lowest BCUT2D eigenvalue weighted by Gasteiger charge is -2.28. The van der Waals surface area contributed by atoms with Crippen molar-refractivity contribution < 1.29 is 9.53 Å². The van der Waals surface area contributed by atoms with Crippen LogP contribution in [0.3, 0.4) is 0 Å². The number of H-pyrrole nitrogens is 1. The van der Waals surface area contributed by atoms with Gasteiger partial charge in [0.15, 0.2) is 0 Å². The highest BCUT2D eigenvalue weighted by molar-refractivity contribution is 7.99. The number of aryl methyl sites for hydroxylation is 1. The van der Waals surface area contributed by atoms with Gasteiger partial charge in [-0.15, -0.1) is 5.10 Å². The minimum Gasteiger partial charge on any atom is -0.468 e. The van der Waals surface area contributed by atoms with Gasteiger partial charge in [0, 0.05) is 11.8 Å². The van der Waals surface area contributed by atoms with Gasteiger partial charge in [-0.2, -0.15) is 0 Å². The number of ether oxygens (including phenoxy) is 1. The van der Waals surface area contributed by atoms with Crippen LogP contribution in [0.25, 0.3) is 0 Å². The van der Waals surface area contributed by atoms with E-state index in [-0.39, 0.29) is 5.97 Å². The fraction of sp³-hybridized carbons (Fsp3) is 0.786. The van der Waals surface area contributed by atoms with Crippen LogP contribution in [0.1, 0.15) is 44.9 Å². The number of aromatic nitrogens is 3. The SMILES string of the molecule is COC(=O)C(C)(CCCCSc1n[nH]c(C)n1)NC1CC1. The van der Waals surface area contributed by atoms with Gasteiger partial charge in [0.25, 0.3) is 0 Å². The smallest absolute Gasteiger partial charge is 0.325 e. The first-order valence-electron chi connectivity index (χ1n) is 7.41. The highest BCUT2D eigenvalue weighted by atomic mass is 32.2. The Morgan fingerprint density at radius 2 is 2.29 bits per heavy atom. The number of hydrogen-bond acceptors (Lipinski definition) is 6. The summed E-state index contributed by atoms with van der Waals surface area (Å²) in [6.07, 6.45) is 5.11. The van der Waals surface area contributed by atoms with Gasteiger partial charge < -0.3 is 4.74 Å². The van der Waals surface area contributed by atoms with Crippen LogP contribution in [0.5, 0.6) is 0 Å². The lowest BCUT2D eigenvalue weighted by molar-refractivity contribution is -0.148. The molecule has 1 aromatic heterocycles. The van der Waals surface area contributed by atoms with Crippen molar-refractivity contribution in [2.45, 2.75) is 62.7 Å². The first-order chi connectivity index (χ1) is 10.0. The molecule has 0 aromatic carbocycles. The number of esters is 1. The molecule has 2 rings (SSSR count). The molecular weight excluding hydrogens is 288 g/mol. The summed E-state index contributed by atoms with van der Waals surface area (Å²) in [4.78, 5) is 16.2. The Kier molecular flexibility index (Phi) is 5.64.